The predicted octanol–water partition coefficient (Wildman–Crippen LogP) is 3.47. The van der Waals surface area contributed by atoms with E-state index in [4.69, 9.17) is 0 Å². The highest BCUT2D eigenvalue weighted by atomic mass is 79.9. The molecule has 1 aliphatic carbocycles. The first kappa shape index (κ1) is 13.1. The molecule has 2 aliphatic rings. The first-order chi connectivity index (χ1) is 8.81. The summed E-state index contributed by atoms with van der Waals surface area (Å²) in [5.41, 5.74) is 0. The van der Waals surface area contributed by atoms with Crippen LogP contribution in [0.3, 0.4) is 0 Å². The zero-order valence-electron chi connectivity index (χ0n) is 10.7. The third kappa shape index (κ3) is 3.56. The smallest absolute Gasteiger partial charge is 0.0701 e. The lowest BCUT2D eigenvalue weighted by Gasteiger charge is -2.30. The first-order valence-electron chi connectivity index (χ1n) is 7.00. The number of rotatable bonds is 5. The van der Waals surface area contributed by atoms with Gasteiger partial charge in [0.25, 0.3) is 0 Å². The molecule has 1 N–H and O–H groups in total. The maximum atomic E-state index is 3.56. The van der Waals surface area contributed by atoms with Crippen molar-refractivity contribution in [2.24, 2.45) is 5.92 Å². The van der Waals surface area contributed by atoms with Gasteiger partial charge < -0.3 is 5.32 Å². The van der Waals surface area contributed by atoms with Crippen molar-refractivity contribution in [2.75, 3.05) is 19.6 Å². The second kappa shape index (κ2) is 6.04. The second-order valence-corrected chi connectivity index (χ2v) is 8.13. The van der Waals surface area contributed by atoms with Gasteiger partial charge in [0.1, 0.15) is 0 Å². The van der Waals surface area contributed by atoms with Gasteiger partial charge in [-0.05, 0) is 72.8 Å². The Balaban J connectivity index is 1.57. The number of thiophene rings is 1. The van der Waals surface area contributed by atoms with Crippen LogP contribution < -0.4 is 5.32 Å². The van der Waals surface area contributed by atoms with Crippen LogP contribution in [-0.4, -0.2) is 30.6 Å². The standard InChI is InChI=1S/C14H21BrN2S/c15-14-6-5-13(18-14)10-17(12-3-4-12)9-11-2-1-7-16-8-11/h5-6,11-12,16H,1-4,7-10H2. The van der Waals surface area contributed by atoms with Crippen molar-refractivity contribution in [3.05, 3.63) is 20.8 Å². The van der Waals surface area contributed by atoms with E-state index in [-0.39, 0.29) is 0 Å². The number of nitrogens with zero attached hydrogens (tertiary/aromatic N) is 1. The maximum Gasteiger partial charge on any atom is 0.0701 e. The van der Waals surface area contributed by atoms with E-state index in [2.05, 4.69) is 38.3 Å². The van der Waals surface area contributed by atoms with Crippen LogP contribution in [0.25, 0.3) is 0 Å². The monoisotopic (exact) mass is 328 g/mol. The Labute approximate surface area is 122 Å². The van der Waals surface area contributed by atoms with Crippen LogP contribution in [0.2, 0.25) is 0 Å². The lowest BCUT2D eigenvalue weighted by Crippen LogP contribution is -2.38. The van der Waals surface area contributed by atoms with Crippen LogP contribution in [0, 0.1) is 5.92 Å². The SMILES string of the molecule is Brc1ccc(CN(CC2CCCNC2)C2CC2)s1. The van der Waals surface area contributed by atoms with Crippen molar-refractivity contribution in [3.8, 4) is 0 Å². The molecule has 1 saturated carbocycles. The minimum absolute atomic E-state index is 0.864. The van der Waals surface area contributed by atoms with Gasteiger partial charge >= 0.3 is 0 Å². The second-order valence-electron chi connectivity index (χ2n) is 5.58. The lowest BCUT2D eigenvalue weighted by molar-refractivity contribution is 0.194. The summed E-state index contributed by atoms with van der Waals surface area (Å²) < 4.78 is 1.26. The Kier molecular flexibility index (Phi) is 4.39. The van der Waals surface area contributed by atoms with Gasteiger partial charge in [-0.2, -0.15) is 0 Å². The summed E-state index contributed by atoms with van der Waals surface area (Å²) in [4.78, 5) is 4.22. The van der Waals surface area contributed by atoms with Crippen LogP contribution in [0.5, 0.6) is 0 Å². The molecule has 2 nitrogen and oxygen atoms in total. The van der Waals surface area contributed by atoms with E-state index in [0.29, 0.717) is 0 Å². The van der Waals surface area contributed by atoms with Crippen LogP contribution >= 0.6 is 27.3 Å². The molecule has 0 aromatic carbocycles. The molecular formula is C14H21BrN2S. The molecule has 4 heteroatoms. The number of hydrogen-bond donors (Lipinski definition) is 1. The Morgan fingerprint density at radius 3 is 2.83 bits per heavy atom. The molecule has 0 bridgehead atoms. The van der Waals surface area contributed by atoms with Crippen molar-refractivity contribution in [1.29, 1.82) is 0 Å². The fourth-order valence-corrected chi connectivity index (χ4v) is 4.34. The highest BCUT2D eigenvalue weighted by molar-refractivity contribution is 9.11. The number of nitrogens with one attached hydrogen (secondary N) is 1. The highest BCUT2D eigenvalue weighted by Gasteiger charge is 2.31. The summed E-state index contributed by atoms with van der Waals surface area (Å²) >= 11 is 5.45. The Hall–Kier alpha value is 0.1000. The molecule has 100 valence electrons. The quantitative estimate of drug-likeness (QED) is 0.890. The Bertz CT molecular complexity index is 383. The van der Waals surface area contributed by atoms with E-state index in [9.17, 15) is 0 Å². The zero-order chi connectivity index (χ0) is 12.4. The molecule has 1 aromatic heterocycles. The first-order valence-corrected chi connectivity index (χ1v) is 8.61. The fourth-order valence-electron chi connectivity index (χ4n) is 2.83. The number of halogens is 1. The number of hydrogen-bond acceptors (Lipinski definition) is 3. The average Bonchev–Trinajstić information content (AvgIpc) is 3.15. The molecule has 1 aromatic rings. The van der Waals surface area contributed by atoms with Crippen LogP contribution in [-0.2, 0) is 6.54 Å². The van der Waals surface area contributed by atoms with E-state index >= 15 is 0 Å². The minimum atomic E-state index is 0.864. The van der Waals surface area contributed by atoms with Gasteiger partial charge in [-0.15, -0.1) is 11.3 Å². The molecule has 1 saturated heterocycles. The van der Waals surface area contributed by atoms with E-state index < -0.39 is 0 Å². The van der Waals surface area contributed by atoms with Crippen molar-refractivity contribution < 1.29 is 0 Å². The molecule has 2 fully saturated rings. The van der Waals surface area contributed by atoms with Crippen LogP contribution in [0.1, 0.15) is 30.6 Å². The third-order valence-electron chi connectivity index (χ3n) is 3.94. The van der Waals surface area contributed by atoms with Gasteiger partial charge in [0, 0.05) is 24.0 Å². The van der Waals surface area contributed by atoms with E-state index in [0.717, 1.165) is 18.5 Å². The van der Waals surface area contributed by atoms with Gasteiger partial charge in [0.2, 0.25) is 0 Å². The summed E-state index contributed by atoms with van der Waals surface area (Å²) in [6.45, 7) is 4.87. The highest BCUT2D eigenvalue weighted by Crippen LogP contribution is 2.32. The zero-order valence-corrected chi connectivity index (χ0v) is 13.1. The summed E-state index contributed by atoms with van der Waals surface area (Å²) in [5, 5.41) is 3.54. The van der Waals surface area contributed by atoms with Gasteiger partial charge in [-0.25, -0.2) is 0 Å². The molecule has 18 heavy (non-hydrogen) atoms. The van der Waals surface area contributed by atoms with E-state index in [1.54, 1.807) is 0 Å². The Morgan fingerprint density at radius 1 is 1.33 bits per heavy atom. The normalized spacial score (nSPS) is 24.7. The molecule has 1 atom stereocenters. The van der Waals surface area contributed by atoms with Gasteiger partial charge in [-0.3, -0.25) is 4.90 Å². The topological polar surface area (TPSA) is 15.3 Å². The summed E-state index contributed by atoms with van der Waals surface area (Å²) in [6, 6.07) is 5.31. The van der Waals surface area contributed by atoms with Gasteiger partial charge in [0.15, 0.2) is 0 Å². The summed E-state index contributed by atoms with van der Waals surface area (Å²) in [7, 11) is 0. The average molecular weight is 329 g/mol. The molecule has 3 rings (SSSR count). The van der Waals surface area contributed by atoms with Crippen molar-refractivity contribution in [1.82, 2.24) is 10.2 Å². The minimum Gasteiger partial charge on any atom is -0.316 e. The van der Waals surface area contributed by atoms with E-state index in [1.165, 1.54) is 54.0 Å². The molecule has 1 aliphatic heterocycles. The van der Waals surface area contributed by atoms with Crippen molar-refractivity contribution in [3.63, 3.8) is 0 Å². The lowest BCUT2D eigenvalue weighted by atomic mass is 9.99. The maximum absolute atomic E-state index is 3.56. The van der Waals surface area contributed by atoms with Crippen molar-refractivity contribution >= 4 is 27.3 Å². The van der Waals surface area contributed by atoms with Crippen molar-refractivity contribution in [2.45, 2.75) is 38.3 Å². The largest absolute Gasteiger partial charge is 0.316 e. The number of piperidine rings is 1. The van der Waals surface area contributed by atoms with E-state index in [1.807, 2.05) is 11.3 Å². The molecule has 0 amide bonds. The molecule has 2 heterocycles. The molecule has 0 spiro atoms. The molecule has 0 radical (unpaired) electrons. The Morgan fingerprint density at radius 2 is 2.22 bits per heavy atom. The van der Waals surface area contributed by atoms with Gasteiger partial charge in [-0.1, -0.05) is 0 Å². The summed E-state index contributed by atoms with van der Waals surface area (Å²) in [5.74, 6) is 0.864. The van der Waals surface area contributed by atoms with Crippen LogP contribution in [0.4, 0.5) is 0 Å². The fraction of sp³-hybridized carbons (Fsp3) is 0.714. The third-order valence-corrected chi connectivity index (χ3v) is 5.55. The predicted molar refractivity (Wildman–Crippen MR) is 81.0 cm³/mol. The molecule has 1 unspecified atom stereocenters. The van der Waals surface area contributed by atoms with Gasteiger partial charge in [0.05, 0.1) is 3.79 Å². The van der Waals surface area contributed by atoms with Crippen LogP contribution in [0.15, 0.2) is 15.9 Å². The molecular weight excluding hydrogens is 308 g/mol. The summed E-state index contributed by atoms with van der Waals surface area (Å²) in [6.07, 6.45) is 5.58.